The summed E-state index contributed by atoms with van der Waals surface area (Å²) in [5.41, 5.74) is 6.64. The fourth-order valence-corrected chi connectivity index (χ4v) is 5.11. The Labute approximate surface area is 240 Å². The van der Waals surface area contributed by atoms with Crippen LogP contribution in [0.1, 0.15) is 21.7 Å². The van der Waals surface area contributed by atoms with Gasteiger partial charge in [0.25, 0.3) is 5.91 Å². The summed E-state index contributed by atoms with van der Waals surface area (Å²) in [4.78, 5) is 18.1. The Morgan fingerprint density at radius 1 is 0.780 bits per heavy atom. The van der Waals surface area contributed by atoms with Gasteiger partial charge in [0.1, 0.15) is 5.76 Å². The zero-order valence-corrected chi connectivity index (χ0v) is 22.7. The number of nitriles is 1. The molecular formula is C35H30N4O2. The van der Waals surface area contributed by atoms with E-state index in [2.05, 4.69) is 64.8 Å². The quantitative estimate of drug-likeness (QED) is 0.248. The van der Waals surface area contributed by atoms with E-state index in [0.29, 0.717) is 17.9 Å². The van der Waals surface area contributed by atoms with E-state index in [1.54, 1.807) is 29.2 Å². The number of hydrogen-bond donors (Lipinski definition) is 1. The van der Waals surface area contributed by atoms with Crippen LogP contribution in [0.3, 0.4) is 0 Å². The fourth-order valence-electron chi connectivity index (χ4n) is 5.11. The van der Waals surface area contributed by atoms with Gasteiger partial charge in [-0.05, 0) is 77.4 Å². The molecule has 1 aliphatic rings. The Kier molecular flexibility index (Phi) is 7.61. The molecule has 1 fully saturated rings. The van der Waals surface area contributed by atoms with Crippen molar-refractivity contribution in [3.63, 3.8) is 0 Å². The lowest BCUT2D eigenvalue weighted by atomic mass is 10.0. The maximum atomic E-state index is 13.9. The lowest BCUT2D eigenvalue weighted by Crippen LogP contribution is -2.43. The number of nitrogens with zero attached hydrogens (tertiary/aromatic N) is 3. The molecule has 1 N–H and O–H groups in total. The Morgan fingerprint density at radius 2 is 1.44 bits per heavy atom. The van der Waals surface area contributed by atoms with Gasteiger partial charge < -0.3 is 19.5 Å². The molecule has 6 rings (SSSR count). The highest BCUT2D eigenvalue weighted by Crippen LogP contribution is 2.28. The minimum atomic E-state index is -0.216. The van der Waals surface area contributed by atoms with Crippen molar-refractivity contribution < 1.29 is 9.21 Å². The van der Waals surface area contributed by atoms with Crippen molar-refractivity contribution in [1.82, 2.24) is 5.32 Å². The van der Waals surface area contributed by atoms with Crippen LogP contribution >= 0.6 is 0 Å². The van der Waals surface area contributed by atoms with Crippen LogP contribution in [0.25, 0.3) is 22.5 Å². The average Bonchev–Trinajstić information content (AvgIpc) is 3.55. The molecule has 1 aromatic heterocycles. The lowest BCUT2D eigenvalue weighted by molar-refractivity contribution is 0.0959. The Hall–Kier alpha value is -5.12. The first-order chi connectivity index (χ1) is 20.2. The maximum absolute atomic E-state index is 13.9. The molecule has 0 aliphatic carbocycles. The van der Waals surface area contributed by atoms with Crippen molar-refractivity contribution in [2.75, 3.05) is 36.0 Å². The average molecular weight is 539 g/mol. The summed E-state index contributed by atoms with van der Waals surface area (Å²) in [6, 6.07) is 39.6. The van der Waals surface area contributed by atoms with Crippen molar-refractivity contribution in [1.29, 1.82) is 5.26 Å². The molecule has 0 saturated carbocycles. The summed E-state index contributed by atoms with van der Waals surface area (Å²) in [6.45, 7) is 4.24. The van der Waals surface area contributed by atoms with Gasteiger partial charge in [-0.1, -0.05) is 54.6 Å². The van der Waals surface area contributed by atoms with E-state index in [9.17, 15) is 4.79 Å². The molecule has 202 valence electrons. The number of rotatable bonds is 7. The van der Waals surface area contributed by atoms with Crippen LogP contribution in [0.5, 0.6) is 0 Å². The van der Waals surface area contributed by atoms with Gasteiger partial charge >= 0.3 is 0 Å². The van der Waals surface area contributed by atoms with Crippen molar-refractivity contribution in [2.24, 2.45) is 0 Å². The van der Waals surface area contributed by atoms with Crippen molar-refractivity contribution in [3.05, 3.63) is 132 Å². The number of piperazine rings is 1. The van der Waals surface area contributed by atoms with Crippen molar-refractivity contribution >= 4 is 17.3 Å². The number of hydrogen-bond acceptors (Lipinski definition) is 5. The minimum Gasteiger partial charge on any atom is -0.451 e. The second-order valence-corrected chi connectivity index (χ2v) is 10.1. The van der Waals surface area contributed by atoms with Crippen LogP contribution in [-0.2, 0) is 6.54 Å². The molecule has 0 spiro atoms. The largest absolute Gasteiger partial charge is 0.451 e. The van der Waals surface area contributed by atoms with Crippen LogP contribution < -0.4 is 15.1 Å². The van der Waals surface area contributed by atoms with E-state index in [4.69, 9.17) is 9.68 Å². The third-order valence-corrected chi connectivity index (χ3v) is 7.41. The number of benzene rings is 4. The summed E-state index contributed by atoms with van der Waals surface area (Å²) >= 11 is 0. The van der Waals surface area contributed by atoms with E-state index < -0.39 is 0 Å². The highest BCUT2D eigenvalue weighted by molar-refractivity contribution is 6.04. The molecule has 1 amide bonds. The van der Waals surface area contributed by atoms with Crippen LogP contribution in [0, 0.1) is 11.3 Å². The normalized spacial score (nSPS) is 13.0. The first kappa shape index (κ1) is 26.1. The van der Waals surface area contributed by atoms with E-state index in [0.717, 1.165) is 59.8 Å². The Morgan fingerprint density at radius 3 is 2.12 bits per heavy atom. The molecule has 1 saturated heterocycles. The van der Waals surface area contributed by atoms with Crippen molar-refractivity contribution in [2.45, 2.75) is 6.54 Å². The molecule has 6 nitrogen and oxygen atoms in total. The third kappa shape index (κ3) is 5.91. The first-order valence-corrected chi connectivity index (χ1v) is 13.8. The summed E-state index contributed by atoms with van der Waals surface area (Å²) in [5.74, 6) is 0.627. The number of amides is 1. The predicted octanol–water partition coefficient (Wildman–Crippen LogP) is 6.74. The maximum Gasteiger partial charge on any atom is 0.294 e. The number of carbonyl (C=O) groups excluding carboxylic acids is 1. The van der Waals surface area contributed by atoms with Gasteiger partial charge in [-0.3, -0.25) is 4.79 Å². The van der Waals surface area contributed by atoms with E-state index >= 15 is 0 Å². The number of carbonyl (C=O) groups is 1. The SMILES string of the molecule is N#Cc1ccc(-c2ccc(C(=O)N(Cc3ccc(-c4ccccc4)cc3)c3ccc(N4CCNCC4)cc3)o2)cc1. The minimum absolute atomic E-state index is 0.216. The highest BCUT2D eigenvalue weighted by Gasteiger charge is 2.23. The molecule has 0 unspecified atom stereocenters. The molecule has 6 heteroatoms. The molecule has 0 radical (unpaired) electrons. The number of anilines is 2. The van der Waals surface area contributed by atoms with Gasteiger partial charge in [0, 0.05) is 43.1 Å². The highest BCUT2D eigenvalue weighted by atomic mass is 16.4. The number of nitrogens with one attached hydrogen (secondary N) is 1. The van der Waals surface area contributed by atoms with Gasteiger partial charge in [0.2, 0.25) is 0 Å². The molecular weight excluding hydrogens is 508 g/mol. The van der Waals surface area contributed by atoms with Crippen LogP contribution in [-0.4, -0.2) is 32.1 Å². The molecule has 4 aromatic carbocycles. The molecule has 5 aromatic rings. The third-order valence-electron chi connectivity index (χ3n) is 7.41. The van der Waals surface area contributed by atoms with E-state index in [1.165, 1.54) is 0 Å². The van der Waals surface area contributed by atoms with Crippen LogP contribution in [0.2, 0.25) is 0 Å². The summed E-state index contributed by atoms with van der Waals surface area (Å²) in [5, 5.41) is 12.5. The zero-order chi connectivity index (χ0) is 28.0. The zero-order valence-electron chi connectivity index (χ0n) is 22.7. The second kappa shape index (κ2) is 12.0. The summed E-state index contributed by atoms with van der Waals surface area (Å²) < 4.78 is 6.05. The van der Waals surface area contributed by atoms with E-state index in [1.807, 2.05) is 42.5 Å². The topological polar surface area (TPSA) is 72.5 Å². The summed E-state index contributed by atoms with van der Waals surface area (Å²) in [7, 11) is 0. The van der Waals surface area contributed by atoms with Crippen molar-refractivity contribution in [3.8, 4) is 28.5 Å². The fraction of sp³-hybridized carbons (Fsp3) is 0.143. The van der Waals surface area contributed by atoms with E-state index in [-0.39, 0.29) is 11.7 Å². The molecule has 2 heterocycles. The van der Waals surface area contributed by atoms with Gasteiger partial charge in [-0.2, -0.15) is 5.26 Å². The first-order valence-electron chi connectivity index (χ1n) is 13.8. The predicted molar refractivity (Wildman–Crippen MR) is 163 cm³/mol. The molecule has 41 heavy (non-hydrogen) atoms. The van der Waals surface area contributed by atoms with Gasteiger partial charge in [-0.15, -0.1) is 0 Å². The van der Waals surface area contributed by atoms with Crippen LogP contribution in [0.4, 0.5) is 11.4 Å². The molecule has 0 bridgehead atoms. The monoisotopic (exact) mass is 538 g/mol. The number of furan rings is 1. The standard InChI is InChI=1S/C35H30N4O2/c36-24-26-6-12-30(13-7-26)33-18-19-34(41-33)35(40)39(32-16-14-31(15-17-32)38-22-20-37-21-23-38)25-27-8-10-29(11-9-27)28-4-2-1-3-5-28/h1-19,37H,20-23,25H2. The molecule has 1 aliphatic heterocycles. The van der Waals surface area contributed by atoms with Gasteiger partial charge in [0.05, 0.1) is 18.2 Å². The van der Waals surface area contributed by atoms with Gasteiger partial charge in [-0.25, -0.2) is 0 Å². The van der Waals surface area contributed by atoms with Crippen LogP contribution in [0.15, 0.2) is 120 Å². The molecule has 0 atom stereocenters. The lowest BCUT2D eigenvalue weighted by Gasteiger charge is -2.30. The summed E-state index contributed by atoms with van der Waals surface area (Å²) in [6.07, 6.45) is 0. The Bertz CT molecular complexity index is 1650. The van der Waals surface area contributed by atoms with Gasteiger partial charge in [0.15, 0.2) is 5.76 Å². The second-order valence-electron chi connectivity index (χ2n) is 10.1. The smallest absolute Gasteiger partial charge is 0.294 e. The Balaban J connectivity index is 1.28.